The first-order valence-corrected chi connectivity index (χ1v) is 5.27. The number of carbonyl (C=O) groups excluding carboxylic acids is 1. The second-order valence-electron chi connectivity index (χ2n) is 3.78. The van der Waals surface area contributed by atoms with E-state index in [1.54, 1.807) is 17.9 Å². The number of nitrogens with two attached hydrogens (primary N) is 1. The van der Waals surface area contributed by atoms with Gasteiger partial charge in [-0.15, -0.1) is 5.10 Å². The predicted octanol–water partition coefficient (Wildman–Crippen LogP) is 0.444. The second kappa shape index (κ2) is 5.60. The molecule has 0 amide bonds. The van der Waals surface area contributed by atoms with Crippen molar-refractivity contribution in [1.82, 2.24) is 15.0 Å². The Morgan fingerprint density at radius 3 is 2.93 bits per heavy atom. The Balaban J connectivity index is 2.41. The molecule has 1 atom stereocenters. The van der Waals surface area contributed by atoms with Crippen LogP contribution in [0.15, 0.2) is 6.20 Å². The zero-order valence-electron chi connectivity index (χ0n) is 9.31. The van der Waals surface area contributed by atoms with Gasteiger partial charge in [0.1, 0.15) is 0 Å². The molecule has 0 saturated heterocycles. The molecule has 0 saturated carbocycles. The van der Waals surface area contributed by atoms with Gasteiger partial charge < -0.3 is 5.73 Å². The van der Waals surface area contributed by atoms with Gasteiger partial charge in [0.2, 0.25) is 0 Å². The Kier molecular flexibility index (Phi) is 4.42. The lowest BCUT2D eigenvalue weighted by atomic mass is 10.0. The first-order valence-electron chi connectivity index (χ1n) is 5.27. The highest BCUT2D eigenvalue weighted by molar-refractivity contribution is 5.85. The number of hydrogen-bond acceptors (Lipinski definition) is 4. The van der Waals surface area contributed by atoms with Crippen LogP contribution in [-0.2, 0) is 18.3 Å². The summed E-state index contributed by atoms with van der Waals surface area (Å²) in [6.45, 7) is 2.08. The van der Waals surface area contributed by atoms with Crippen molar-refractivity contribution in [1.29, 1.82) is 0 Å². The summed E-state index contributed by atoms with van der Waals surface area (Å²) >= 11 is 0. The molecule has 0 radical (unpaired) electrons. The summed E-state index contributed by atoms with van der Waals surface area (Å²) in [6.07, 6.45) is 4.85. The molecule has 0 spiro atoms. The lowest BCUT2D eigenvalue weighted by Gasteiger charge is -2.07. The van der Waals surface area contributed by atoms with Gasteiger partial charge in [-0.1, -0.05) is 25.0 Å². The van der Waals surface area contributed by atoms with Crippen LogP contribution in [0.5, 0.6) is 0 Å². The van der Waals surface area contributed by atoms with Crippen molar-refractivity contribution in [2.24, 2.45) is 12.8 Å². The molecule has 84 valence electrons. The molecule has 0 aliphatic rings. The minimum absolute atomic E-state index is 0.0453. The molecule has 15 heavy (non-hydrogen) atoms. The number of Topliss-reactive ketones (excluding diaryl/α,β-unsaturated/α-hetero) is 1. The van der Waals surface area contributed by atoms with Crippen molar-refractivity contribution in [3.8, 4) is 0 Å². The summed E-state index contributed by atoms with van der Waals surface area (Å²) < 4.78 is 1.58. The predicted molar refractivity (Wildman–Crippen MR) is 57.2 cm³/mol. The van der Waals surface area contributed by atoms with E-state index in [2.05, 4.69) is 17.2 Å². The highest BCUT2D eigenvalue weighted by Crippen LogP contribution is 2.03. The molecule has 1 rings (SSSR count). The van der Waals surface area contributed by atoms with E-state index in [1.807, 2.05) is 0 Å². The number of ketones is 1. The van der Waals surface area contributed by atoms with Crippen LogP contribution in [-0.4, -0.2) is 26.8 Å². The van der Waals surface area contributed by atoms with Crippen LogP contribution in [0.25, 0.3) is 0 Å². The Labute approximate surface area is 89.6 Å². The lowest BCUT2D eigenvalue weighted by molar-refractivity contribution is -0.119. The third-order valence-electron chi connectivity index (χ3n) is 2.29. The molecule has 1 aromatic rings. The van der Waals surface area contributed by atoms with Crippen molar-refractivity contribution in [2.75, 3.05) is 0 Å². The third-order valence-corrected chi connectivity index (χ3v) is 2.29. The Morgan fingerprint density at radius 1 is 1.67 bits per heavy atom. The lowest BCUT2D eigenvalue weighted by Crippen LogP contribution is -2.31. The first-order chi connectivity index (χ1) is 7.13. The SMILES string of the molecule is CCCCC(N)C(=O)Cc1cn(C)nn1. The number of nitrogens with zero attached hydrogens (tertiary/aromatic N) is 3. The van der Waals surface area contributed by atoms with E-state index in [4.69, 9.17) is 5.73 Å². The van der Waals surface area contributed by atoms with Gasteiger partial charge >= 0.3 is 0 Å². The van der Waals surface area contributed by atoms with Crippen molar-refractivity contribution < 1.29 is 4.79 Å². The zero-order valence-corrected chi connectivity index (χ0v) is 9.31. The van der Waals surface area contributed by atoms with Crippen LogP contribution in [0.3, 0.4) is 0 Å². The van der Waals surface area contributed by atoms with E-state index in [0.717, 1.165) is 19.3 Å². The van der Waals surface area contributed by atoms with Crippen LogP contribution in [0, 0.1) is 0 Å². The molecule has 0 aromatic carbocycles. The molecule has 5 nitrogen and oxygen atoms in total. The van der Waals surface area contributed by atoms with Gasteiger partial charge in [0.25, 0.3) is 0 Å². The van der Waals surface area contributed by atoms with Gasteiger partial charge in [-0.2, -0.15) is 0 Å². The monoisotopic (exact) mass is 210 g/mol. The van der Waals surface area contributed by atoms with Crippen molar-refractivity contribution >= 4 is 5.78 Å². The molecule has 2 N–H and O–H groups in total. The fraction of sp³-hybridized carbons (Fsp3) is 0.700. The average Bonchev–Trinajstić information content (AvgIpc) is 2.60. The van der Waals surface area contributed by atoms with E-state index < -0.39 is 0 Å². The minimum atomic E-state index is -0.355. The molecular formula is C10H18N4O. The molecule has 5 heteroatoms. The summed E-state index contributed by atoms with van der Waals surface area (Å²) in [5.74, 6) is 0.0453. The molecular weight excluding hydrogens is 192 g/mol. The average molecular weight is 210 g/mol. The Bertz CT molecular complexity index is 321. The van der Waals surface area contributed by atoms with Crippen molar-refractivity contribution in [3.63, 3.8) is 0 Å². The zero-order chi connectivity index (χ0) is 11.3. The van der Waals surface area contributed by atoms with Gasteiger partial charge in [0.15, 0.2) is 5.78 Å². The highest BCUT2D eigenvalue weighted by Gasteiger charge is 2.14. The molecule has 0 fully saturated rings. The van der Waals surface area contributed by atoms with Crippen LogP contribution in [0.4, 0.5) is 0 Å². The van der Waals surface area contributed by atoms with Gasteiger partial charge in [-0.05, 0) is 6.42 Å². The van der Waals surface area contributed by atoms with Crippen LogP contribution in [0.1, 0.15) is 31.9 Å². The van der Waals surface area contributed by atoms with E-state index in [0.29, 0.717) is 12.1 Å². The molecule has 1 heterocycles. The quantitative estimate of drug-likeness (QED) is 0.739. The fourth-order valence-electron chi connectivity index (χ4n) is 1.37. The van der Waals surface area contributed by atoms with Crippen LogP contribution >= 0.6 is 0 Å². The van der Waals surface area contributed by atoms with Gasteiger partial charge in [0.05, 0.1) is 18.2 Å². The molecule has 0 aliphatic carbocycles. The first kappa shape index (κ1) is 11.8. The van der Waals surface area contributed by atoms with Gasteiger partial charge in [-0.25, -0.2) is 0 Å². The summed E-state index contributed by atoms with van der Waals surface area (Å²) in [4.78, 5) is 11.6. The number of aromatic nitrogens is 3. The number of hydrogen-bond donors (Lipinski definition) is 1. The summed E-state index contributed by atoms with van der Waals surface area (Å²) in [6, 6.07) is -0.355. The largest absolute Gasteiger partial charge is 0.321 e. The van der Waals surface area contributed by atoms with E-state index in [1.165, 1.54) is 0 Å². The Morgan fingerprint density at radius 2 is 2.40 bits per heavy atom. The summed E-state index contributed by atoms with van der Waals surface area (Å²) in [5.41, 5.74) is 6.44. The molecule has 0 aliphatic heterocycles. The topological polar surface area (TPSA) is 73.8 Å². The second-order valence-corrected chi connectivity index (χ2v) is 3.78. The smallest absolute Gasteiger partial charge is 0.155 e. The maximum atomic E-state index is 11.6. The van der Waals surface area contributed by atoms with Crippen LogP contribution < -0.4 is 5.73 Å². The molecule has 1 unspecified atom stereocenters. The molecule has 0 bridgehead atoms. The summed E-state index contributed by atoms with van der Waals surface area (Å²) in [5, 5.41) is 7.62. The standard InChI is InChI=1S/C10H18N4O/c1-3-4-5-9(11)10(15)6-8-7-14(2)13-12-8/h7,9H,3-6,11H2,1-2H3. The maximum absolute atomic E-state index is 11.6. The molecule has 1 aromatic heterocycles. The highest BCUT2D eigenvalue weighted by atomic mass is 16.1. The fourth-order valence-corrected chi connectivity index (χ4v) is 1.37. The number of carbonyl (C=O) groups is 1. The van der Waals surface area contributed by atoms with Gasteiger partial charge in [0, 0.05) is 13.2 Å². The van der Waals surface area contributed by atoms with E-state index >= 15 is 0 Å². The number of unbranched alkanes of at least 4 members (excludes halogenated alkanes) is 1. The van der Waals surface area contributed by atoms with E-state index in [9.17, 15) is 4.79 Å². The summed E-state index contributed by atoms with van der Waals surface area (Å²) in [7, 11) is 1.78. The van der Waals surface area contributed by atoms with E-state index in [-0.39, 0.29) is 11.8 Å². The maximum Gasteiger partial charge on any atom is 0.155 e. The van der Waals surface area contributed by atoms with Crippen molar-refractivity contribution in [3.05, 3.63) is 11.9 Å². The minimum Gasteiger partial charge on any atom is -0.321 e. The number of aryl methyl sites for hydroxylation is 1. The normalized spacial score (nSPS) is 12.7. The van der Waals surface area contributed by atoms with Crippen molar-refractivity contribution in [2.45, 2.75) is 38.6 Å². The third kappa shape index (κ3) is 3.79. The van der Waals surface area contributed by atoms with Crippen LogP contribution in [0.2, 0.25) is 0 Å². The van der Waals surface area contributed by atoms with Gasteiger partial charge in [-0.3, -0.25) is 9.48 Å². The number of rotatable bonds is 6. The Hall–Kier alpha value is -1.23.